The SMILES string of the molecule is [C-]#[N+]c1cc(C#N)cc(-c2ccc(-n3c4ccccc4c4cc5oc6ccccc6c5cc43)c(C#N)c2C#N)c1-n1c2ccccc2c2ccccc21. The Morgan fingerprint density at radius 1 is 0.491 bits per heavy atom. The summed E-state index contributed by atoms with van der Waals surface area (Å²) in [7, 11) is 0. The summed E-state index contributed by atoms with van der Waals surface area (Å²) < 4.78 is 10.3. The number of rotatable bonds is 3. The van der Waals surface area contributed by atoms with Crippen LogP contribution in [0.3, 0.4) is 0 Å². The Morgan fingerprint density at radius 3 is 1.74 bits per heavy atom. The van der Waals surface area contributed by atoms with Gasteiger partial charge in [0.05, 0.1) is 57.2 Å². The topological polar surface area (TPSA) is 98.7 Å². The molecule has 0 amide bonds. The molecule has 0 N–H and O–H groups in total. The van der Waals surface area contributed by atoms with Crippen molar-refractivity contribution in [2.75, 3.05) is 0 Å². The number of hydrogen-bond acceptors (Lipinski definition) is 4. The molecule has 10 rings (SSSR count). The summed E-state index contributed by atoms with van der Waals surface area (Å²) in [6.07, 6.45) is 0. The van der Waals surface area contributed by atoms with E-state index in [-0.39, 0.29) is 22.4 Å². The normalized spacial score (nSPS) is 11.3. The van der Waals surface area contributed by atoms with E-state index < -0.39 is 0 Å². The maximum absolute atomic E-state index is 10.9. The van der Waals surface area contributed by atoms with Gasteiger partial charge in [-0.3, -0.25) is 0 Å². The predicted octanol–water partition coefficient (Wildman–Crippen LogP) is 11.6. The lowest BCUT2D eigenvalue weighted by atomic mass is 9.92. The lowest BCUT2D eigenvalue weighted by Gasteiger charge is -2.19. The highest BCUT2D eigenvalue weighted by molar-refractivity contribution is 6.17. The number of nitriles is 3. The Hall–Kier alpha value is -8.10. The number of hydrogen-bond donors (Lipinski definition) is 0. The standard InChI is InChI=1S/C46H22N6O/c1-50-38-21-27(24-47)20-35(46(38)52-40-15-7-2-10-29(40)30-11-3-8-16-41(30)52)28-18-19-42(37(26-49)36(28)25-48)51-39-14-6-4-12-31(39)33-23-45-34(22-43(33)51)32-13-5-9-17-44(32)53-45/h2-23H. The summed E-state index contributed by atoms with van der Waals surface area (Å²) in [5.41, 5.74) is 7.98. The largest absolute Gasteiger partial charge is 0.456 e. The van der Waals surface area contributed by atoms with Crippen LogP contribution >= 0.6 is 0 Å². The number of aromatic nitrogens is 2. The molecule has 0 radical (unpaired) electrons. The third-order valence-corrected chi connectivity index (χ3v) is 10.3. The van der Waals surface area contributed by atoms with Gasteiger partial charge < -0.3 is 13.6 Å². The van der Waals surface area contributed by atoms with Crippen molar-refractivity contribution in [2.24, 2.45) is 0 Å². The molecule has 7 heteroatoms. The Balaban J connectivity index is 1.30. The predicted molar refractivity (Wildman–Crippen MR) is 208 cm³/mol. The average molecular weight is 675 g/mol. The zero-order valence-electron chi connectivity index (χ0n) is 27.8. The number of furan rings is 1. The molecule has 0 saturated heterocycles. The summed E-state index contributed by atoms with van der Waals surface area (Å²) in [5, 5.41) is 37.9. The Morgan fingerprint density at radius 2 is 1.09 bits per heavy atom. The number of fused-ring (bicyclic) bond motifs is 9. The molecule has 242 valence electrons. The van der Waals surface area contributed by atoms with Crippen LogP contribution in [0, 0.1) is 40.6 Å². The summed E-state index contributed by atoms with van der Waals surface area (Å²) in [6, 6.07) is 50.0. The number of benzene rings is 7. The van der Waals surface area contributed by atoms with Gasteiger partial charge in [-0.05, 0) is 60.2 Å². The first kappa shape index (κ1) is 29.8. The van der Waals surface area contributed by atoms with Crippen molar-refractivity contribution in [2.45, 2.75) is 0 Å². The average Bonchev–Trinajstić information content (AvgIpc) is 3.86. The fraction of sp³-hybridized carbons (Fsp3) is 0. The van der Waals surface area contributed by atoms with Gasteiger partial charge in [0.25, 0.3) is 0 Å². The molecule has 0 saturated carbocycles. The van der Waals surface area contributed by atoms with Crippen LogP contribution < -0.4 is 0 Å². The molecule has 3 aromatic heterocycles. The van der Waals surface area contributed by atoms with Crippen molar-refractivity contribution in [1.82, 2.24) is 9.13 Å². The molecule has 0 aliphatic carbocycles. The van der Waals surface area contributed by atoms with Gasteiger partial charge in [-0.25, -0.2) is 4.85 Å². The third kappa shape index (κ3) is 4.11. The smallest absolute Gasteiger partial charge is 0.212 e. The van der Waals surface area contributed by atoms with Crippen molar-refractivity contribution in [1.29, 1.82) is 15.8 Å². The second kappa shape index (κ2) is 11.2. The molecule has 10 aromatic rings. The van der Waals surface area contributed by atoms with Crippen LogP contribution in [0.4, 0.5) is 5.69 Å². The zero-order chi connectivity index (χ0) is 35.8. The van der Waals surface area contributed by atoms with Gasteiger partial charge in [0.15, 0.2) is 0 Å². The Kier molecular flexibility index (Phi) is 6.30. The van der Waals surface area contributed by atoms with Gasteiger partial charge in [-0.15, -0.1) is 0 Å². The third-order valence-electron chi connectivity index (χ3n) is 10.3. The Labute approximate surface area is 302 Å². The van der Waals surface area contributed by atoms with E-state index in [4.69, 9.17) is 11.0 Å². The number of nitrogens with zero attached hydrogens (tertiary/aromatic N) is 6. The molecule has 0 fully saturated rings. The molecule has 3 heterocycles. The lowest BCUT2D eigenvalue weighted by Crippen LogP contribution is -2.04. The van der Waals surface area contributed by atoms with E-state index in [1.54, 1.807) is 12.1 Å². The molecule has 0 aliphatic rings. The first-order chi connectivity index (χ1) is 26.1. The molecular weight excluding hydrogens is 653 g/mol. The Bertz CT molecular complexity index is 3350. The molecule has 7 aromatic carbocycles. The first-order valence-electron chi connectivity index (χ1n) is 16.9. The van der Waals surface area contributed by atoms with E-state index >= 15 is 0 Å². The quantitative estimate of drug-likeness (QED) is 0.174. The van der Waals surface area contributed by atoms with E-state index in [1.807, 2.05) is 124 Å². The maximum atomic E-state index is 10.9. The van der Waals surface area contributed by atoms with Gasteiger partial charge in [-0.2, -0.15) is 15.8 Å². The van der Waals surface area contributed by atoms with Gasteiger partial charge in [-0.1, -0.05) is 78.9 Å². The van der Waals surface area contributed by atoms with E-state index in [0.717, 1.165) is 65.6 Å². The number of para-hydroxylation sites is 4. The minimum absolute atomic E-state index is 0.152. The fourth-order valence-corrected chi connectivity index (χ4v) is 8.05. The summed E-state index contributed by atoms with van der Waals surface area (Å²) in [6.45, 7) is 8.26. The minimum Gasteiger partial charge on any atom is -0.456 e. The second-order valence-corrected chi connectivity index (χ2v) is 12.9. The van der Waals surface area contributed by atoms with Crippen molar-refractivity contribution in [3.8, 4) is 40.7 Å². The lowest BCUT2D eigenvalue weighted by molar-refractivity contribution is 0.669. The van der Waals surface area contributed by atoms with E-state index in [1.165, 1.54) is 0 Å². The van der Waals surface area contributed by atoms with Crippen LogP contribution in [-0.2, 0) is 0 Å². The monoisotopic (exact) mass is 674 g/mol. The summed E-state index contributed by atoms with van der Waals surface area (Å²) in [4.78, 5) is 3.92. The van der Waals surface area contributed by atoms with Gasteiger partial charge in [0, 0.05) is 43.4 Å². The molecule has 53 heavy (non-hydrogen) atoms. The molecule has 7 nitrogen and oxygen atoms in total. The van der Waals surface area contributed by atoms with E-state index in [9.17, 15) is 15.8 Å². The maximum Gasteiger partial charge on any atom is 0.212 e. The highest BCUT2D eigenvalue weighted by Gasteiger charge is 2.25. The molecule has 0 bridgehead atoms. The van der Waals surface area contributed by atoms with Crippen LogP contribution in [0.25, 0.3) is 92.9 Å². The van der Waals surface area contributed by atoms with Crippen LogP contribution in [0.2, 0.25) is 0 Å². The van der Waals surface area contributed by atoms with Gasteiger partial charge in [0.2, 0.25) is 5.69 Å². The van der Waals surface area contributed by atoms with Gasteiger partial charge >= 0.3 is 0 Å². The minimum atomic E-state index is 0.152. The summed E-state index contributed by atoms with van der Waals surface area (Å²) >= 11 is 0. The highest BCUT2D eigenvalue weighted by Crippen LogP contribution is 2.45. The molecule has 0 spiro atoms. The van der Waals surface area contributed by atoms with Crippen LogP contribution in [0.15, 0.2) is 138 Å². The van der Waals surface area contributed by atoms with Crippen molar-refractivity contribution >= 4 is 71.2 Å². The van der Waals surface area contributed by atoms with Crippen molar-refractivity contribution in [3.63, 3.8) is 0 Å². The van der Waals surface area contributed by atoms with Crippen molar-refractivity contribution < 1.29 is 4.42 Å². The van der Waals surface area contributed by atoms with E-state index in [2.05, 4.69) is 29.1 Å². The molecule has 0 atom stereocenters. The molecular formula is C46H22N6O. The van der Waals surface area contributed by atoms with Gasteiger partial charge in [0.1, 0.15) is 23.3 Å². The fourth-order valence-electron chi connectivity index (χ4n) is 8.05. The zero-order valence-corrected chi connectivity index (χ0v) is 27.8. The van der Waals surface area contributed by atoms with Crippen molar-refractivity contribution in [3.05, 3.63) is 162 Å². The summed E-state index contributed by atoms with van der Waals surface area (Å²) in [5.74, 6) is 0. The van der Waals surface area contributed by atoms with Crippen LogP contribution in [0.5, 0.6) is 0 Å². The second-order valence-electron chi connectivity index (χ2n) is 12.9. The first-order valence-corrected chi connectivity index (χ1v) is 16.9. The highest BCUT2D eigenvalue weighted by atomic mass is 16.3. The van der Waals surface area contributed by atoms with E-state index in [0.29, 0.717) is 22.5 Å². The van der Waals surface area contributed by atoms with Crippen LogP contribution in [-0.4, -0.2) is 9.13 Å². The molecule has 0 unspecified atom stereocenters. The molecule has 0 aliphatic heterocycles. The van der Waals surface area contributed by atoms with Crippen LogP contribution in [0.1, 0.15) is 16.7 Å².